The Hall–Kier alpha value is -1.74. The number of aromatic nitrogens is 2. The Morgan fingerprint density at radius 1 is 1.24 bits per heavy atom. The summed E-state index contributed by atoms with van der Waals surface area (Å²) < 4.78 is 23.9. The summed E-state index contributed by atoms with van der Waals surface area (Å²) in [4.78, 5) is 23.4. The lowest BCUT2D eigenvalue weighted by molar-refractivity contribution is -0.137. The molecule has 9 heteroatoms. The van der Waals surface area contributed by atoms with E-state index >= 15 is 0 Å². The van der Waals surface area contributed by atoms with Crippen molar-refractivity contribution in [2.45, 2.75) is 12.1 Å². The SMILES string of the molecule is O=C(CO)N1CCN(c2ncccn2)[C@@H]2CS(=O)(=O)C[C@@H]21. The van der Waals surface area contributed by atoms with Crippen molar-refractivity contribution >= 4 is 21.7 Å². The molecule has 2 fully saturated rings. The van der Waals surface area contributed by atoms with E-state index in [1.165, 1.54) is 4.90 Å². The molecule has 0 bridgehead atoms. The third-order valence-corrected chi connectivity index (χ3v) is 5.64. The number of piperazine rings is 1. The summed E-state index contributed by atoms with van der Waals surface area (Å²) in [5.74, 6) is -0.0610. The molecule has 8 nitrogen and oxygen atoms in total. The van der Waals surface area contributed by atoms with Crippen LogP contribution in [0, 0.1) is 0 Å². The van der Waals surface area contributed by atoms with Gasteiger partial charge in [0.25, 0.3) is 0 Å². The number of aliphatic hydroxyl groups is 1. The summed E-state index contributed by atoms with van der Waals surface area (Å²) >= 11 is 0. The molecule has 0 spiro atoms. The van der Waals surface area contributed by atoms with Crippen molar-refractivity contribution in [1.29, 1.82) is 0 Å². The van der Waals surface area contributed by atoms with Crippen LogP contribution in [0.2, 0.25) is 0 Å². The molecular formula is C12H16N4O4S. The normalized spacial score (nSPS) is 27.5. The molecule has 1 aromatic rings. The number of hydrogen-bond acceptors (Lipinski definition) is 7. The van der Waals surface area contributed by atoms with Gasteiger partial charge in [-0.3, -0.25) is 4.79 Å². The van der Waals surface area contributed by atoms with Crippen LogP contribution in [-0.4, -0.2) is 77.6 Å². The van der Waals surface area contributed by atoms with Gasteiger partial charge in [0.15, 0.2) is 9.84 Å². The van der Waals surface area contributed by atoms with Crippen LogP contribution in [0.15, 0.2) is 18.5 Å². The monoisotopic (exact) mass is 312 g/mol. The van der Waals surface area contributed by atoms with Gasteiger partial charge in [0.05, 0.1) is 23.6 Å². The fourth-order valence-corrected chi connectivity index (χ4v) is 5.02. The zero-order valence-corrected chi connectivity index (χ0v) is 12.1. The zero-order chi connectivity index (χ0) is 15.0. The Morgan fingerprint density at radius 2 is 1.90 bits per heavy atom. The second-order valence-electron chi connectivity index (χ2n) is 5.20. The highest BCUT2D eigenvalue weighted by Crippen LogP contribution is 2.29. The van der Waals surface area contributed by atoms with E-state index in [9.17, 15) is 13.2 Å². The molecule has 1 aromatic heterocycles. The number of sulfone groups is 1. The van der Waals surface area contributed by atoms with Gasteiger partial charge in [-0.25, -0.2) is 18.4 Å². The van der Waals surface area contributed by atoms with Gasteiger partial charge in [0.2, 0.25) is 11.9 Å². The Bertz CT molecular complexity index is 636. The lowest BCUT2D eigenvalue weighted by Crippen LogP contribution is -2.61. The third-order valence-electron chi connectivity index (χ3n) is 3.94. The average Bonchev–Trinajstić information content (AvgIpc) is 2.81. The lowest BCUT2D eigenvalue weighted by atomic mass is 10.1. The number of fused-ring (bicyclic) bond motifs is 1. The van der Waals surface area contributed by atoms with Crippen molar-refractivity contribution in [3.8, 4) is 0 Å². The maximum absolute atomic E-state index is 12.0. The van der Waals surface area contributed by atoms with E-state index in [1.807, 2.05) is 4.90 Å². The van der Waals surface area contributed by atoms with Crippen molar-refractivity contribution in [2.24, 2.45) is 0 Å². The number of rotatable bonds is 2. The van der Waals surface area contributed by atoms with Gasteiger partial charge in [-0.15, -0.1) is 0 Å². The minimum atomic E-state index is -3.22. The molecule has 2 saturated heterocycles. The van der Waals surface area contributed by atoms with Crippen LogP contribution in [0.4, 0.5) is 5.95 Å². The van der Waals surface area contributed by atoms with Gasteiger partial charge in [-0.2, -0.15) is 0 Å². The standard InChI is InChI=1S/C12H16N4O4S/c17-6-11(18)15-4-5-16(12-13-2-1-3-14-12)10-8-21(19,20)7-9(10)15/h1-3,9-10,17H,4-8H2/t9-,10+/m0/s1. The summed E-state index contributed by atoms with van der Waals surface area (Å²) in [6.45, 7) is 0.200. The maximum atomic E-state index is 12.0. The maximum Gasteiger partial charge on any atom is 0.248 e. The van der Waals surface area contributed by atoms with Gasteiger partial charge in [-0.1, -0.05) is 0 Å². The van der Waals surface area contributed by atoms with Crippen LogP contribution in [-0.2, 0) is 14.6 Å². The van der Waals surface area contributed by atoms with E-state index in [1.54, 1.807) is 18.5 Å². The Morgan fingerprint density at radius 3 is 2.57 bits per heavy atom. The molecule has 0 saturated carbocycles. The largest absolute Gasteiger partial charge is 0.387 e. The zero-order valence-electron chi connectivity index (χ0n) is 11.3. The molecule has 3 rings (SSSR count). The van der Waals surface area contributed by atoms with Crippen molar-refractivity contribution in [3.05, 3.63) is 18.5 Å². The number of hydrogen-bond donors (Lipinski definition) is 1. The topological polar surface area (TPSA) is 104 Å². The molecule has 0 aliphatic carbocycles. The number of carbonyl (C=O) groups is 1. The van der Waals surface area contributed by atoms with Crippen molar-refractivity contribution in [1.82, 2.24) is 14.9 Å². The fourth-order valence-electron chi connectivity index (χ4n) is 3.04. The van der Waals surface area contributed by atoms with Crippen LogP contribution in [0.1, 0.15) is 0 Å². The first kappa shape index (κ1) is 14.2. The molecule has 1 N–H and O–H groups in total. The summed E-state index contributed by atoms with van der Waals surface area (Å²) in [7, 11) is -3.22. The van der Waals surface area contributed by atoms with E-state index < -0.39 is 28.4 Å². The fraction of sp³-hybridized carbons (Fsp3) is 0.583. The first-order valence-corrected chi connectivity index (χ1v) is 8.48. The molecule has 0 radical (unpaired) electrons. The van der Waals surface area contributed by atoms with Gasteiger partial charge < -0.3 is 14.9 Å². The number of carbonyl (C=O) groups excluding carboxylic acids is 1. The van der Waals surface area contributed by atoms with Gasteiger partial charge in [0.1, 0.15) is 6.61 Å². The molecule has 114 valence electrons. The second-order valence-corrected chi connectivity index (χ2v) is 7.35. The molecule has 3 heterocycles. The first-order chi connectivity index (χ1) is 10.0. The van der Waals surface area contributed by atoms with E-state index in [2.05, 4.69) is 9.97 Å². The molecule has 2 aliphatic heterocycles. The number of aliphatic hydroxyl groups excluding tert-OH is 1. The van der Waals surface area contributed by atoms with E-state index in [-0.39, 0.29) is 17.5 Å². The molecule has 2 aliphatic rings. The Balaban J connectivity index is 1.93. The Labute approximate surface area is 122 Å². The lowest BCUT2D eigenvalue weighted by Gasteiger charge is -2.43. The quantitative estimate of drug-likeness (QED) is 0.693. The minimum absolute atomic E-state index is 0.0227. The minimum Gasteiger partial charge on any atom is -0.387 e. The van der Waals surface area contributed by atoms with E-state index in [0.29, 0.717) is 19.0 Å². The van der Waals surface area contributed by atoms with E-state index in [4.69, 9.17) is 5.11 Å². The number of nitrogens with zero attached hydrogens (tertiary/aromatic N) is 4. The summed E-state index contributed by atoms with van der Waals surface area (Å²) in [5, 5.41) is 9.04. The summed E-state index contributed by atoms with van der Waals surface area (Å²) in [6, 6.07) is 0.881. The van der Waals surface area contributed by atoms with Crippen molar-refractivity contribution < 1.29 is 18.3 Å². The average molecular weight is 312 g/mol. The number of anilines is 1. The van der Waals surface area contributed by atoms with Crippen molar-refractivity contribution in [3.63, 3.8) is 0 Å². The number of amides is 1. The van der Waals surface area contributed by atoms with Gasteiger partial charge >= 0.3 is 0 Å². The predicted octanol–water partition coefficient (Wildman–Crippen LogP) is -1.72. The highest BCUT2D eigenvalue weighted by atomic mass is 32.2. The van der Waals surface area contributed by atoms with Crippen molar-refractivity contribution in [2.75, 3.05) is 36.1 Å². The second kappa shape index (κ2) is 5.23. The Kier molecular flexibility index (Phi) is 3.54. The highest BCUT2D eigenvalue weighted by molar-refractivity contribution is 7.91. The summed E-state index contributed by atoms with van der Waals surface area (Å²) in [6.07, 6.45) is 3.21. The summed E-state index contributed by atoms with van der Waals surface area (Å²) in [5.41, 5.74) is 0. The molecular weight excluding hydrogens is 296 g/mol. The molecule has 1 amide bonds. The molecule has 21 heavy (non-hydrogen) atoms. The van der Waals surface area contributed by atoms with Crippen LogP contribution in [0.5, 0.6) is 0 Å². The third kappa shape index (κ3) is 2.58. The van der Waals surface area contributed by atoms with Gasteiger partial charge in [0, 0.05) is 25.5 Å². The first-order valence-electron chi connectivity index (χ1n) is 6.66. The van der Waals surface area contributed by atoms with Crippen LogP contribution < -0.4 is 4.90 Å². The predicted molar refractivity (Wildman–Crippen MR) is 74.4 cm³/mol. The molecule has 2 atom stereocenters. The highest BCUT2D eigenvalue weighted by Gasteiger charge is 2.48. The van der Waals surface area contributed by atoms with Crippen LogP contribution in [0.3, 0.4) is 0 Å². The molecule has 0 aromatic carbocycles. The molecule has 0 unspecified atom stereocenters. The smallest absolute Gasteiger partial charge is 0.248 e. The van der Waals surface area contributed by atoms with Gasteiger partial charge in [-0.05, 0) is 6.07 Å². The van der Waals surface area contributed by atoms with E-state index in [0.717, 1.165) is 0 Å². The van der Waals surface area contributed by atoms with Crippen LogP contribution >= 0.6 is 0 Å². The van der Waals surface area contributed by atoms with Crippen LogP contribution in [0.25, 0.3) is 0 Å².